The van der Waals surface area contributed by atoms with Crippen molar-refractivity contribution < 1.29 is 9.32 Å². The lowest BCUT2D eigenvalue weighted by Crippen LogP contribution is -2.45. The van der Waals surface area contributed by atoms with Crippen molar-refractivity contribution in [2.45, 2.75) is 52.2 Å². The summed E-state index contributed by atoms with van der Waals surface area (Å²) >= 11 is 0. The highest BCUT2D eigenvalue weighted by Gasteiger charge is 2.33. The predicted molar refractivity (Wildman–Crippen MR) is 133 cm³/mol. The predicted octanol–water partition coefficient (Wildman–Crippen LogP) is 4.28. The molecule has 3 aromatic rings. The van der Waals surface area contributed by atoms with Crippen LogP contribution in [0.3, 0.4) is 0 Å². The third-order valence-electron chi connectivity index (χ3n) is 7.07. The number of piperidine rings is 1. The molecule has 0 radical (unpaired) electrons. The van der Waals surface area contributed by atoms with Crippen LogP contribution in [0.15, 0.2) is 53.5 Å². The summed E-state index contributed by atoms with van der Waals surface area (Å²) < 4.78 is 4.90. The first-order chi connectivity index (χ1) is 16.3. The number of aromatic nitrogens is 2. The Morgan fingerprint density at radius 3 is 2.79 bits per heavy atom. The van der Waals surface area contributed by atoms with Crippen molar-refractivity contribution in [3.05, 3.63) is 65.8 Å². The number of hydrogen-bond acceptors (Lipinski definition) is 6. The van der Waals surface area contributed by atoms with Crippen molar-refractivity contribution in [2.24, 2.45) is 5.92 Å². The second-order valence-electron chi connectivity index (χ2n) is 10.6. The smallest absolute Gasteiger partial charge is 0.276 e. The Labute approximate surface area is 201 Å². The molecule has 2 fully saturated rings. The molecule has 2 saturated heterocycles. The molecule has 0 spiro atoms. The molecule has 2 unspecified atom stereocenters. The molecule has 7 nitrogen and oxygen atoms in total. The first-order valence-electron chi connectivity index (χ1n) is 12.0. The lowest BCUT2D eigenvalue weighted by atomic mass is 9.95. The van der Waals surface area contributed by atoms with Crippen molar-refractivity contribution in [3.8, 4) is 11.1 Å². The zero-order valence-corrected chi connectivity index (χ0v) is 20.4. The molecule has 0 saturated carbocycles. The number of aryl methyl sites for hydroxylation is 1. The van der Waals surface area contributed by atoms with Gasteiger partial charge in [0, 0.05) is 55.6 Å². The maximum atomic E-state index is 13.1. The molecule has 2 aliphatic heterocycles. The summed E-state index contributed by atoms with van der Waals surface area (Å²) in [4.78, 5) is 21.9. The molecular formula is C27H33N5O2. The zero-order valence-electron chi connectivity index (χ0n) is 20.4. The summed E-state index contributed by atoms with van der Waals surface area (Å²) in [5, 5.41) is 7.50. The molecule has 178 valence electrons. The van der Waals surface area contributed by atoms with E-state index in [1.807, 2.05) is 38.1 Å². The SMILES string of the molecule is Cc1cc(-c2ccncc2N2CC3CNC(C3)C2)ccc1CN(C(=O)c1ccon1)C(C)(C)C. The lowest BCUT2D eigenvalue weighted by molar-refractivity contribution is 0.0548. The normalized spacial score (nSPS) is 19.9. The average molecular weight is 460 g/mol. The highest BCUT2D eigenvalue weighted by atomic mass is 16.5. The third-order valence-corrected chi connectivity index (χ3v) is 7.07. The molecule has 1 aromatic carbocycles. The van der Waals surface area contributed by atoms with Gasteiger partial charge in [-0.15, -0.1) is 0 Å². The average Bonchev–Trinajstić information content (AvgIpc) is 3.46. The minimum absolute atomic E-state index is 0.130. The monoisotopic (exact) mass is 459 g/mol. The maximum Gasteiger partial charge on any atom is 0.276 e. The van der Waals surface area contributed by atoms with Crippen LogP contribution in [0, 0.1) is 12.8 Å². The first kappa shape index (κ1) is 22.6. The van der Waals surface area contributed by atoms with E-state index in [1.54, 1.807) is 6.07 Å². The van der Waals surface area contributed by atoms with Gasteiger partial charge in [0.05, 0.1) is 11.9 Å². The fraction of sp³-hybridized carbons (Fsp3) is 0.444. The number of carbonyl (C=O) groups excluding carboxylic acids is 1. The van der Waals surface area contributed by atoms with Crippen molar-refractivity contribution in [1.82, 2.24) is 20.4 Å². The van der Waals surface area contributed by atoms with Crippen molar-refractivity contribution in [3.63, 3.8) is 0 Å². The van der Waals surface area contributed by atoms with Crippen LogP contribution in [0.5, 0.6) is 0 Å². The van der Waals surface area contributed by atoms with Gasteiger partial charge in [-0.1, -0.05) is 23.4 Å². The van der Waals surface area contributed by atoms with Gasteiger partial charge in [0.2, 0.25) is 0 Å². The van der Waals surface area contributed by atoms with E-state index >= 15 is 0 Å². The van der Waals surface area contributed by atoms with Crippen LogP contribution in [0.4, 0.5) is 5.69 Å². The molecule has 2 atom stereocenters. The third kappa shape index (κ3) is 4.44. The highest BCUT2D eigenvalue weighted by molar-refractivity contribution is 5.92. The fourth-order valence-electron chi connectivity index (χ4n) is 5.20. The molecule has 2 aromatic heterocycles. The van der Waals surface area contributed by atoms with Gasteiger partial charge >= 0.3 is 0 Å². The minimum Gasteiger partial charge on any atom is -0.368 e. The number of amides is 1. The number of carbonyl (C=O) groups is 1. The topological polar surface area (TPSA) is 74.5 Å². The number of anilines is 1. The van der Waals surface area contributed by atoms with Gasteiger partial charge in [0.15, 0.2) is 5.69 Å². The van der Waals surface area contributed by atoms with Crippen LogP contribution < -0.4 is 10.2 Å². The van der Waals surface area contributed by atoms with Crippen molar-refractivity contribution in [1.29, 1.82) is 0 Å². The standard InChI is InChI=1S/C27H33N5O2/c1-18-11-20(23-7-9-28-14-25(23)31-15-19-12-22(17-31)29-13-19)5-6-21(18)16-32(27(2,3)4)26(33)24-8-10-34-30-24/h5-11,14,19,22,29H,12-13,15-17H2,1-4H3. The van der Waals surface area contributed by atoms with Gasteiger partial charge < -0.3 is 19.6 Å². The second kappa shape index (κ2) is 8.87. The summed E-state index contributed by atoms with van der Waals surface area (Å²) in [6.07, 6.45) is 6.58. The van der Waals surface area contributed by atoms with E-state index in [4.69, 9.17) is 4.52 Å². The molecule has 2 aliphatic rings. The number of nitrogens with zero attached hydrogens (tertiary/aromatic N) is 4. The second-order valence-corrected chi connectivity index (χ2v) is 10.6. The Hall–Kier alpha value is -3.19. The van der Waals surface area contributed by atoms with Crippen molar-refractivity contribution in [2.75, 3.05) is 24.5 Å². The number of rotatable bonds is 5. The van der Waals surface area contributed by atoms with Crippen LogP contribution in [-0.2, 0) is 6.54 Å². The van der Waals surface area contributed by atoms with E-state index in [0.29, 0.717) is 24.2 Å². The number of pyridine rings is 1. The minimum atomic E-state index is -0.360. The van der Waals surface area contributed by atoms with E-state index in [0.717, 1.165) is 30.8 Å². The first-order valence-corrected chi connectivity index (χ1v) is 12.0. The zero-order chi connectivity index (χ0) is 23.9. The Morgan fingerprint density at radius 1 is 1.24 bits per heavy atom. The van der Waals surface area contributed by atoms with Crippen LogP contribution in [0.2, 0.25) is 0 Å². The number of fused-ring (bicyclic) bond motifs is 2. The number of benzene rings is 1. The molecule has 4 heterocycles. The Balaban J connectivity index is 1.42. The molecule has 1 amide bonds. The van der Waals surface area contributed by atoms with Gasteiger partial charge in [-0.2, -0.15) is 0 Å². The lowest BCUT2D eigenvalue weighted by Gasteiger charge is -2.36. The van der Waals surface area contributed by atoms with Gasteiger partial charge in [-0.25, -0.2) is 0 Å². The van der Waals surface area contributed by atoms with Gasteiger partial charge in [0.1, 0.15) is 6.26 Å². The number of hydrogen-bond donors (Lipinski definition) is 1. The summed E-state index contributed by atoms with van der Waals surface area (Å²) in [6.45, 7) is 12.0. The fourth-order valence-corrected chi connectivity index (χ4v) is 5.20. The summed E-state index contributed by atoms with van der Waals surface area (Å²) in [7, 11) is 0. The number of nitrogens with one attached hydrogen (secondary N) is 1. The van der Waals surface area contributed by atoms with Gasteiger partial charge in [0.25, 0.3) is 5.91 Å². The Morgan fingerprint density at radius 2 is 2.09 bits per heavy atom. The molecule has 5 rings (SSSR count). The Kier molecular flexibility index (Phi) is 5.90. The molecule has 7 heteroatoms. The summed E-state index contributed by atoms with van der Waals surface area (Å²) in [5.41, 5.74) is 5.82. The molecular weight excluding hydrogens is 426 g/mol. The molecule has 2 bridgehead atoms. The summed E-state index contributed by atoms with van der Waals surface area (Å²) in [6, 6.07) is 10.8. The van der Waals surface area contributed by atoms with E-state index < -0.39 is 0 Å². The van der Waals surface area contributed by atoms with E-state index in [2.05, 4.69) is 51.5 Å². The van der Waals surface area contributed by atoms with Gasteiger partial charge in [-0.05, 0) is 62.8 Å². The van der Waals surface area contributed by atoms with E-state index in [-0.39, 0.29) is 11.4 Å². The van der Waals surface area contributed by atoms with Crippen LogP contribution >= 0.6 is 0 Å². The van der Waals surface area contributed by atoms with Crippen LogP contribution in [0.1, 0.15) is 48.8 Å². The van der Waals surface area contributed by atoms with E-state index in [1.165, 1.54) is 29.5 Å². The molecule has 0 aliphatic carbocycles. The van der Waals surface area contributed by atoms with E-state index in [9.17, 15) is 4.79 Å². The Bertz CT molecular complexity index is 1160. The van der Waals surface area contributed by atoms with Crippen LogP contribution in [-0.4, -0.2) is 52.2 Å². The summed E-state index contributed by atoms with van der Waals surface area (Å²) in [5.74, 6) is 0.580. The largest absolute Gasteiger partial charge is 0.368 e. The maximum absolute atomic E-state index is 13.1. The highest BCUT2D eigenvalue weighted by Crippen LogP contribution is 2.35. The van der Waals surface area contributed by atoms with Crippen LogP contribution in [0.25, 0.3) is 11.1 Å². The quantitative estimate of drug-likeness (QED) is 0.614. The molecule has 1 N–H and O–H groups in total. The van der Waals surface area contributed by atoms with Gasteiger partial charge in [-0.3, -0.25) is 9.78 Å². The molecule has 34 heavy (non-hydrogen) atoms. The van der Waals surface area contributed by atoms with Crippen molar-refractivity contribution >= 4 is 11.6 Å².